The van der Waals surface area contributed by atoms with Crippen LogP contribution in [0, 0.1) is 0 Å². The Kier molecular flexibility index (Phi) is 2.11. The van der Waals surface area contributed by atoms with Gasteiger partial charge in [0.25, 0.3) is 0 Å². The molecule has 0 radical (unpaired) electrons. The zero-order chi connectivity index (χ0) is 11.1. The molecule has 2 heterocycles. The van der Waals surface area contributed by atoms with Gasteiger partial charge in [-0.25, -0.2) is 0 Å². The van der Waals surface area contributed by atoms with E-state index in [0.717, 1.165) is 30.6 Å². The van der Waals surface area contributed by atoms with E-state index < -0.39 is 0 Å². The summed E-state index contributed by atoms with van der Waals surface area (Å²) in [6.45, 7) is 1.53. The minimum atomic E-state index is -0.233. The number of benzene rings is 1. The van der Waals surface area contributed by atoms with Crippen LogP contribution < -0.4 is 10.2 Å². The molecule has 0 bridgehead atoms. The van der Waals surface area contributed by atoms with E-state index in [-0.39, 0.29) is 6.10 Å². The third kappa shape index (κ3) is 1.38. The smallest absolute Gasteiger partial charge is 0.150 e. The van der Waals surface area contributed by atoms with Gasteiger partial charge in [0.15, 0.2) is 0 Å². The highest BCUT2D eigenvalue weighted by Crippen LogP contribution is 2.36. The zero-order valence-electron chi connectivity index (χ0n) is 8.89. The van der Waals surface area contributed by atoms with E-state index in [9.17, 15) is 9.90 Å². The van der Waals surface area contributed by atoms with Gasteiger partial charge in [0.2, 0.25) is 0 Å². The summed E-state index contributed by atoms with van der Waals surface area (Å²) in [5.41, 5.74) is 2.78. The molecule has 4 nitrogen and oxygen atoms in total. The summed E-state index contributed by atoms with van der Waals surface area (Å²) in [4.78, 5) is 12.9. The fourth-order valence-electron chi connectivity index (χ4n) is 2.63. The van der Waals surface area contributed by atoms with Crippen molar-refractivity contribution < 1.29 is 9.90 Å². The zero-order valence-corrected chi connectivity index (χ0v) is 8.89. The Morgan fingerprint density at radius 3 is 3.19 bits per heavy atom. The van der Waals surface area contributed by atoms with Crippen LogP contribution in [0.15, 0.2) is 18.2 Å². The second-order valence-corrected chi connectivity index (χ2v) is 4.47. The molecule has 0 amide bonds. The van der Waals surface area contributed by atoms with Crippen molar-refractivity contribution in [3.05, 3.63) is 23.8 Å². The second-order valence-electron chi connectivity index (χ2n) is 4.47. The average molecular weight is 218 g/mol. The predicted molar refractivity (Wildman–Crippen MR) is 62.1 cm³/mol. The van der Waals surface area contributed by atoms with Crippen molar-refractivity contribution in [1.82, 2.24) is 0 Å². The predicted octanol–water partition coefficient (Wildman–Crippen LogP) is 0.864. The first-order valence-electron chi connectivity index (χ1n) is 5.56. The number of carbonyl (C=O) groups is 1. The topological polar surface area (TPSA) is 52.6 Å². The minimum absolute atomic E-state index is 0.233. The minimum Gasteiger partial charge on any atom is -0.391 e. The summed E-state index contributed by atoms with van der Waals surface area (Å²) in [5, 5.41) is 13.0. The molecule has 2 N–H and O–H groups in total. The molecule has 0 aromatic heterocycles. The molecule has 4 heteroatoms. The standard InChI is InChI=1S/C12H14N2O2/c15-7-8-1-2-12-11(3-8)13-5-9-4-10(16)6-14(9)12/h1-3,7,9-10,13,16H,4-6H2. The van der Waals surface area contributed by atoms with E-state index in [1.807, 2.05) is 18.2 Å². The van der Waals surface area contributed by atoms with Gasteiger partial charge in [-0.15, -0.1) is 0 Å². The lowest BCUT2D eigenvalue weighted by Crippen LogP contribution is -2.39. The van der Waals surface area contributed by atoms with E-state index in [4.69, 9.17) is 0 Å². The molecule has 3 rings (SSSR count). The molecule has 2 unspecified atom stereocenters. The van der Waals surface area contributed by atoms with Gasteiger partial charge < -0.3 is 15.3 Å². The fraction of sp³-hybridized carbons (Fsp3) is 0.417. The molecule has 0 saturated carbocycles. The Morgan fingerprint density at radius 2 is 2.38 bits per heavy atom. The van der Waals surface area contributed by atoms with Crippen LogP contribution in [0.25, 0.3) is 0 Å². The maximum Gasteiger partial charge on any atom is 0.150 e. The number of aliphatic hydroxyl groups excluding tert-OH is 1. The molecule has 1 aromatic carbocycles. The van der Waals surface area contributed by atoms with Crippen molar-refractivity contribution in [1.29, 1.82) is 0 Å². The van der Waals surface area contributed by atoms with Gasteiger partial charge >= 0.3 is 0 Å². The van der Waals surface area contributed by atoms with Crippen LogP contribution in [-0.2, 0) is 0 Å². The van der Waals surface area contributed by atoms with E-state index in [1.165, 1.54) is 0 Å². The second kappa shape index (κ2) is 3.49. The van der Waals surface area contributed by atoms with Gasteiger partial charge in [-0.05, 0) is 24.6 Å². The van der Waals surface area contributed by atoms with Crippen molar-refractivity contribution in [3.63, 3.8) is 0 Å². The quantitative estimate of drug-likeness (QED) is 0.687. The van der Waals surface area contributed by atoms with Crippen molar-refractivity contribution in [2.75, 3.05) is 23.3 Å². The fourth-order valence-corrected chi connectivity index (χ4v) is 2.63. The van der Waals surface area contributed by atoms with Gasteiger partial charge in [0.1, 0.15) is 6.29 Å². The number of fused-ring (bicyclic) bond motifs is 3. The summed E-state index contributed by atoms with van der Waals surface area (Å²) in [5.74, 6) is 0. The summed E-state index contributed by atoms with van der Waals surface area (Å²) in [6, 6.07) is 6.02. The van der Waals surface area contributed by atoms with Crippen molar-refractivity contribution in [2.24, 2.45) is 0 Å². The summed E-state index contributed by atoms with van der Waals surface area (Å²) in [6.07, 6.45) is 1.44. The number of hydrogen-bond donors (Lipinski definition) is 2. The molecule has 16 heavy (non-hydrogen) atoms. The third-order valence-corrected chi connectivity index (χ3v) is 3.39. The molecule has 1 aromatic rings. The molecule has 1 saturated heterocycles. The van der Waals surface area contributed by atoms with Crippen LogP contribution in [0.4, 0.5) is 11.4 Å². The highest BCUT2D eigenvalue weighted by Gasteiger charge is 2.34. The number of hydrogen-bond acceptors (Lipinski definition) is 4. The number of anilines is 2. The van der Waals surface area contributed by atoms with E-state index >= 15 is 0 Å². The normalized spacial score (nSPS) is 26.9. The Hall–Kier alpha value is -1.55. The number of aldehydes is 1. The van der Waals surface area contributed by atoms with E-state index in [0.29, 0.717) is 18.2 Å². The highest BCUT2D eigenvalue weighted by atomic mass is 16.3. The van der Waals surface area contributed by atoms with Crippen LogP contribution in [0.2, 0.25) is 0 Å². The van der Waals surface area contributed by atoms with Gasteiger partial charge in [-0.2, -0.15) is 0 Å². The monoisotopic (exact) mass is 218 g/mol. The molecule has 2 atom stereocenters. The highest BCUT2D eigenvalue weighted by molar-refractivity contribution is 5.83. The lowest BCUT2D eigenvalue weighted by atomic mass is 10.1. The van der Waals surface area contributed by atoms with Gasteiger partial charge in [-0.3, -0.25) is 4.79 Å². The number of rotatable bonds is 1. The van der Waals surface area contributed by atoms with Crippen LogP contribution in [0.1, 0.15) is 16.8 Å². The molecule has 0 aliphatic carbocycles. The molecule has 2 aliphatic heterocycles. The SMILES string of the molecule is O=Cc1ccc2c(c1)NCC1CC(O)CN21. The van der Waals surface area contributed by atoms with Crippen molar-refractivity contribution >= 4 is 17.7 Å². The van der Waals surface area contributed by atoms with E-state index in [2.05, 4.69) is 10.2 Å². The molecule has 0 spiro atoms. The lowest BCUT2D eigenvalue weighted by molar-refractivity contribution is 0.112. The average Bonchev–Trinajstić information content (AvgIpc) is 2.69. The van der Waals surface area contributed by atoms with Gasteiger partial charge in [-0.1, -0.05) is 0 Å². The maximum absolute atomic E-state index is 10.7. The summed E-state index contributed by atoms with van der Waals surface area (Å²) in [7, 11) is 0. The summed E-state index contributed by atoms with van der Waals surface area (Å²) >= 11 is 0. The number of nitrogens with zero attached hydrogens (tertiary/aromatic N) is 1. The first-order chi connectivity index (χ1) is 7.78. The molecular weight excluding hydrogens is 204 g/mol. The Balaban J connectivity index is 2.00. The van der Waals surface area contributed by atoms with Gasteiger partial charge in [0, 0.05) is 24.7 Å². The van der Waals surface area contributed by atoms with Crippen LogP contribution in [0.3, 0.4) is 0 Å². The first kappa shape index (κ1) is 9.66. The maximum atomic E-state index is 10.7. The van der Waals surface area contributed by atoms with E-state index in [1.54, 1.807) is 0 Å². The first-order valence-corrected chi connectivity index (χ1v) is 5.56. The largest absolute Gasteiger partial charge is 0.391 e. The molecule has 84 valence electrons. The van der Waals surface area contributed by atoms with Crippen molar-refractivity contribution in [2.45, 2.75) is 18.6 Å². The Morgan fingerprint density at radius 1 is 1.50 bits per heavy atom. The number of carbonyl (C=O) groups excluding carboxylic acids is 1. The molecule has 1 fully saturated rings. The van der Waals surface area contributed by atoms with Crippen LogP contribution >= 0.6 is 0 Å². The Labute approximate surface area is 93.9 Å². The van der Waals surface area contributed by atoms with Crippen LogP contribution in [-0.4, -0.2) is 36.6 Å². The number of aliphatic hydroxyl groups is 1. The molecule has 2 aliphatic rings. The van der Waals surface area contributed by atoms with Crippen LogP contribution in [0.5, 0.6) is 0 Å². The lowest BCUT2D eigenvalue weighted by Gasteiger charge is -2.34. The van der Waals surface area contributed by atoms with Gasteiger partial charge in [0.05, 0.1) is 17.5 Å². The summed E-state index contributed by atoms with van der Waals surface area (Å²) < 4.78 is 0. The number of nitrogens with one attached hydrogen (secondary N) is 1. The Bertz CT molecular complexity index is 433. The molecular formula is C12H14N2O2. The van der Waals surface area contributed by atoms with Crippen molar-refractivity contribution in [3.8, 4) is 0 Å². The third-order valence-electron chi connectivity index (χ3n) is 3.39.